The molecule has 1 aromatic carbocycles. The molecule has 0 aliphatic heterocycles. The summed E-state index contributed by atoms with van der Waals surface area (Å²) >= 11 is 0. The maximum Gasteiger partial charge on any atom is 0.358 e. The first-order valence-electron chi connectivity index (χ1n) is 5.60. The van der Waals surface area contributed by atoms with Gasteiger partial charge in [-0.15, -0.1) is 0 Å². The molecule has 0 aliphatic carbocycles. The average Bonchev–Trinajstić information content (AvgIpc) is 2.89. The van der Waals surface area contributed by atoms with E-state index in [4.69, 9.17) is 9.47 Å². The zero-order valence-electron chi connectivity index (χ0n) is 10.3. The lowest BCUT2D eigenvalue weighted by Crippen LogP contribution is -2.04. The van der Waals surface area contributed by atoms with Gasteiger partial charge in [0.25, 0.3) is 0 Å². The molecule has 0 bridgehead atoms. The van der Waals surface area contributed by atoms with Crippen molar-refractivity contribution in [1.29, 1.82) is 0 Å². The van der Waals surface area contributed by atoms with Gasteiger partial charge in [-0.1, -0.05) is 6.07 Å². The molecule has 5 nitrogen and oxygen atoms in total. The van der Waals surface area contributed by atoms with Crippen LogP contribution in [0.1, 0.15) is 17.4 Å². The molecule has 0 atom stereocenters. The Hall–Kier alpha value is -2.30. The molecule has 18 heavy (non-hydrogen) atoms. The van der Waals surface area contributed by atoms with Gasteiger partial charge in [0.15, 0.2) is 5.69 Å². The van der Waals surface area contributed by atoms with Crippen molar-refractivity contribution in [3.63, 3.8) is 0 Å². The van der Waals surface area contributed by atoms with Crippen molar-refractivity contribution in [2.24, 2.45) is 0 Å². The number of carbonyl (C=O) groups excluding carboxylic acids is 1. The summed E-state index contributed by atoms with van der Waals surface area (Å²) in [4.78, 5) is 15.5. The van der Waals surface area contributed by atoms with Crippen molar-refractivity contribution in [1.82, 2.24) is 9.55 Å². The number of nitrogens with zero attached hydrogens (tertiary/aromatic N) is 2. The molecule has 0 unspecified atom stereocenters. The third kappa shape index (κ3) is 2.51. The van der Waals surface area contributed by atoms with E-state index in [1.54, 1.807) is 31.1 Å². The van der Waals surface area contributed by atoms with Gasteiger partial charge < -0.3 is 14.0 Å². The van der Waals surface area contributed by atoms with Crippen molar-refractivity contribution in [3.05, 3.63) is 42.5 Å². The number of rotatable bonds is 4. The predicted octanol–water partition coefficient (Wildman–Crippen LogP) is 2.06. The van der Waals surface area contributed by atoms with Gasteiger partial charge in [-0.3, -0.25) is 0 Å². The van der Waals surface area contributed by atoms with E-state index in [1.165, 1.54) is 0 Å². The summed E-state index contributed by atoms with van der Waals surface area (Å²) in [6.45, 7) is 2.10. The van der Waals surface area contributed by atoms with Crippen molar-refractivity contribution < 1.29 is 14.3 Å². The van der Waals surface area contributed by atoms with Crippen LogP contribution in [0, 0.1) is 0 Å². The van der Waals surface area contributed by atoms with E-state index in [0.29, 0.717) is 12.3 Å². The Bertz CT molecular complexity index is 549. The van der Waals surface area contributed by atoms with Crippen LogP contribution in [0.5, 0.6) is 5.75 Å². The summed E-state index contributed by atoms with van der Waals surface area (Å²) in [7, 11) is 1.61. The molecule has 0 radical (unpaired) electrons. The highest BCUT2D eigenvalue weighted by molar-refractivity contribution is 5.87. The van der Waals surface area contributed by atoms with Crippen LogP contribution in [0.2, 0.25) is 0 Å². The lowest BCUT2D eigenvalue weighted by molar-refractivity contribution is 0.0520. The van der Waals surface area contributed by atoms with Crippen molar-refractivity contribution in [2.45, 2.75) is 6.92 Å². The van der Waals surface area contributed by atoms with E-state index in [-0.39, 0.29) is 0 Å². The van der Waals surface area contributed by atoms with Crippen LogP contribution in [-0.2, 0) is 4.74 Å². The number of benzene rings is 1. The number of hydrogen-bond acceptors (Lipinski definition) is 4. The van der Waals surface area contributed by atoms with Gasteiger partial charge in [0.2, 0.25) is 0 Å². The summed E-state index contributed by atoms with van der Waals surface area (Å²) in [5.74, 6) is 0.332. The van der Waals surface area contributed by atoms with Crippen LogP contribution in [0.25, 0.3) is 5.69 Å². The minimum atomic E-state index is -0.417. The first-order chi connectivity index (χ1) is 8.74. The van der Waals surface area contributed by atoms with E-state index in [9.17, 15) is 4.79 Å². The molecule has 94 valence electrons. The smallest absolute Gasteiger partial charge is 0.358 e. The van der Waals surface area contributed by atoms with E-state index < -0.39 is 5.97 Å². The van der Waals surface area contributed by atoms with Crippen LogP contribution in [0.15, 0.2) is 36.8 Å². The second-order valence-electron chi connectivity index (χ2n) is 3.59. The summed E-state index contributed by atoms with van der Waals surface area (Å²) in [6.07, 6.45) is 3.20. The van der Waals surface area contributed by atoms with Crippen LogP contribution in [0.4, 0.5) is 0 Å². The average molecular weight is 246 g/mol. The van der Waals surface area contributed by atoms with Crippen molar-refractivity contribution in [2.75, 3.05) is 13.7 Å². The molecule has 0 aliphatic rings. The highest BCUT2D eigenvalue weighted by atomic mass is 16.5. The van der Waals surface area contributed by atoms with Gasteiger partial charge in [-0.05, 0) is 19.1 Å². The summed E-state index contributed by atoms with van der Waals surface area (Å²) in [5.41, 5.74) is 1.16. The molecule has 0 N–H and O–H groups in total. The number of carbonyl (C=O) groups is 1. The van der Waals surface area contributed by atoms with Gasteiger partial charge in [0.1, 0.15) is 12.1 Å². The van der Waals surface area contributed by atoms with Crippen LogP contribution in [-0.4, -0.2) is 29.2 Å². The predicted molar refractivity (Wildman–Crippen MR) is 66.1 cm³/mol. The highest BCUT2D eigenvalue weighted by Crippen LogP contribution is 2.16. The Morgan fingerprint density at radius 1 is 1.44 bits per heavy atom. The van der Waals surface area contributed by atoms with Gasteiger partial charge in [0, 0.05) is 12.3 Å². The van der Waals surface area contributed by atoms with Gasteiger partial charge in [-0.2, -0.15) is 0 Å². The SMILES string of the molecule is CCOC(=O)c1cn(-c2cccc(OC)c2)cn1. The highest BCUT2D eigenvalue weighted by Gasteiger charge is 2.10. The largest absolute Gasteiger partial charge is 0.497 e. The molecule has 1 heterocycles. The van der Waals surface area contributed by atoms with Gasteiger partial charge >= 0.3 is 5.97 Å². The monoisotopic (exact) mass is 246 g/mol. The van der Waals surface area contributed by atoms with Gasteiger partial charge in [0.05, 0.1) is 19.4 Å². The first kappa shape index (κ1) is 12.2. The quantitative estimate of drug-likeness (QED) is 0.775. The molecule has 2 aromatic rings. The molecule has 5 heteroatoms. The minimum absolute atomic E-state index is 0.291. The zero-order chi connectivity index (χ0) is 13.0. The van der Waals surface area contributed by atoms with Gasteiger partial charge in [-0.25, -0.2) is 9.78 Å². The molecule has 0 saturated carbocycles. The Morgan fingerprint density at radius 3 is 3.00 bits per heavy atom. The number of aromatic nitrogens is 2. The van der Waals surface area contributed by atoms with E-state index >= 15 is 0 Å². The molecule has 0 spiro atoms. The summed E-state index contributed by atoms with van der Waals surface area (Å²) in [6, 6.07) is 7.49. The third-order valence-electron chi connectivity index (χ3n) is 2.42. The number of esters is 1. The lowest BCUT2D eigenvalue weighted by Gasteiger charge is -2.04. The minimum Gasteiger partial charge on any atom is -0.497 e. The Labute approximate surface area is 105 Å². The topological polar surface area (TPSA) is 53.4 Å². The fraction of sp³-hybridized carbons (Fsp3) is 0.231. The first-order valence-corrected chi connectivity index (χ1v) is 5.60. The fourth-order valence-electron chi connectivity index (χ4n) is 1.55. The Kier molecular flexibility index (Phi) is 3.62. The number of imidazole rings is 1. The molecule has 2 rings (SSSR count). The van der Waals surface area contributed by atoms with Crippen molar-refractivity contribution >= 4 is 5.97 Å². The summed E-state index contributed by atoms with van der Waals surface area (Å²) < 4.78 is 11.8. The maximum atomic E-state index is 11.5. The Balaban J connectivity index is 2.26. The number of methoxy groups -OCH3 is 1. The van der Waals surface area contributed by atoms with Crippen molar-refractivity contribution in [3.8, 4) is 11.4 Å². The second kappa shape index (κ2) is 5.35. The molecule has 0 saturated heterocycles. The molecular weight excluding hydrogens is 232 g/mol. The molecule has 0 amide bonds. The lowest BCUT2D eigenvalue weighted by atomic mass is 10.3. The van der Waals surface area contributed by atoms with E-state index in [1.807, 2.05) is 24.3 Å². The second-order valence-corrected chi connectivity index (χ2v) is 3.59. The van der Waals surface area contributed by atoms with Crippen LogP contribution in [0.3, 0.4) is 0 Å². The normalized spacial score (nSPS) is 10.1. The summed E-state index contributed by atoms with van der Waals surface area (Å²) in [5, 5.41) is 0. The fourth-order valence-corrected chi connectivity index (χ4v) is 1.55. The zero-order valence-corrected chi connectivity index (χ0v) is 10.3. The Morgan fingerprint density at radius 2 is 2.28 bits per heavy atom. The molecule has 0 fully saturated rings. The number of hydrogen-bond donors (Lipinski definition) is 0. The number of ether oxygens (including phenoxy) is 2. The standard InChI is InChI=1S/C13H14N2O3/c1-3-18-13(16)12-8-15(9-14-12)10-5-4-6-11(7-10)17-2/h4-9H,3H2,1-2H3. The van der Waals surface area contributed by atoms with E-state index in [2.05, 4.69) is 4.98 Å². The van der Waals surface area contributed by atoms with Crippen LogP contribution >= 0.6 is 0 Å². The maximum absolute atomic E-state index is 11.5. The van der Waals surface area contributed by atoms with E-state index in [0.717, 1.165) is 11.4 Å². The molecule has 1 aromatic heterocycles. The third-order valence-corrected chi connectivity index (χ3v) is 2.42. The molecular formula is C13H14N2O3. The van der Waals surface area contributed by atoms with Crippen LogP contribution < -0.4 is 4.74 Å².